The molecule has 0 heterocycles. The molecule has 0 aromatic rings. The van der Waals surface area contributed by atoms with E-state index in [1.165, 1.54) is 0 Å². The molecule has 0 aromatic heterocycles. The first kappa shape index (κ1) is 15.9. The minimum atomic E-state index is -6.29. The van der Waals surface area contributed by atoms with Crippen molar-refractivity contribution in [2.45, 2.75) is 31.4 Å². The van der Waals surface area contributed by atoms with Crippen molar-refractivity contribution in [3.05, 3.63) is 24.1 Å². The smallest absolute Gasteiger partial charge is 0.218 e. The van der Waals surface area contributed by atoms with Gasteiger partial charge in [-0.15, -0.1) is 6.58 Å². The van der Waals surface area contributed by atoms with E-state index in [2.05, 4.69) is 6.58 Å². The first-order chi connectivity index (χ1) is 7.39. The van der Waals surface area contributed by atoms with Gasteiger partial charge < -0.3 is 0 Å². The predicted octanol–water partition coefficient (Wildman–Crippen LogP) is 4.64. The molecule has 100 valence electrons. The first-order valence-corrected chi connectivity index (χ1v) is 4.18. The standard InChI is InChI=1S/C9H8F8/c1-3-4-6(5(2)10)7(11,8(12,13)14)9(15,16)17/h3H,1,4H2,2H3/b6-5-. The van der Waals surface area contributed by atoms with Gasteiger partial charge in [0.25, 0.3) is 0 Å². The van der Waals surface area contributed by atoms with Crippen molar-refractivity contribution >= 4 is 0 Å². The molecule has 0 fully saturated rings. The third-order valence-electron chi connectivity index (χ3n) is 1.96. The minimum Gasteiger partial charge on any atom is -0.218 e. The van der Waals surface area contributed by atoms with Crippen molar-refractivity contribution in [2.24, 2.45) is 0 Å². The number of hydrogen-bond donors (Lipinski definition) is 0. The zero-order valence-corrected chi connectivity index (χ0v) is 8.52. The van der Waals surface area contributed by atoms with Crippen LogP contribution in [0.3, 0.4) is 0 Å². The molecule has 0 aliphatic rings. The second kappa shape index (κ2) is 4.66. The molecule has 8 heteroatoms. The molecular weight excluding hydrogens is 260 g/mol. The van der Waals surface area contributed by atoms with Crippen molar-refractivity contribution in [3.8, 4) is 0 Å². The molecule has 0 aliphatic carbocycles. The molecule has 0 aromatic carbocycles. The maximum atomic E-state index is 13.3. The van der Waals surface area contributed by atoms with Crippen LogP contribution in [0.2, 0.25) is 0 Å². The van der Waals surface area contributed by atoms with E-state index in [4.69, 9.17) is 0 Å². The highest BCUT2D eigenvalue weighted by molar-refractivity contribution is 5.27. The lowest BCUT2D eigenvalue weighted by molar-refractivity contribution is -0.327. The van der Waals surface area contributed by atoms with Gasteiger partial charge in [-0.05, 0) is 13.3 Å². The molecule has 0 spiro atoms. The van der Waals surface area contributed by atoms with Crippen LogP contribution < -0.4 is 0 Å². The summed E-state index contributed by atoms with van der Waals surface area (Å²) in [5.74, 6) is -1.87. The summed E-state index contributed by atoms with van der Waals surface area (Å²) in [5.41, 5.74) is -7.74. The maximum Gasteiger partial charge on any atom is 0.435 e. The molecule has 0 N–H and O–H groups in total. The largest absolute Gasteiger partial charge is 0.435 e. The third-order valence-corrected chi connectivity index (χ3v) is 1.96. The average molecular weight is 268 g/mol. The normalized spacial score (nSPS) is 15.6. The SMILES string of the molecule is C=CC/C(=C(\C)F)C(F)(C(F)(F)F)C(F)(F)F. The number of hydrogen-bond acceptors (Lipinski definition) is 0. The van der Waals surface area contributed by atoms with Crippen molar-refractivity contribution < 1.29 is 35.1 Å². The molecule has 0 bridgehead atoms. The molecule has 0 atom stereocenters. The highest BCUT2D eigenvalue weighted by Crippen LogP contribution is 2.52. The van der Waals surface area contributed by atoms with Gasteiger partial charge in [0.15, 0.2) is 0 Å². The lowest BCUT2D eigenvalue weighted by Crippen LogP contribution is -2.54. The molecule has 0 aliphatic heterocycles. The van der Waals surface area contributed by atoms with Crippen LogP contribution in [0.15, 0.2) is 24.1 Å². The Kier molecular flexibility index (Phi) is 4.36. The summed E-state index contributed by atoms with van der Waals surface area (Å²) in [5, 5.41) is 0. The van der Waals surface area contributed by atoms with E-state index < -0.39 is 35.8 Å². The van der Waals surface area contributed by atoms with E-state index in [0.717, 1.165) is 0 Å². The van der Waals surface area contributed by atoms with Crippen LogP contribution in [0.1, 0.15) is 13.3 Å². The van der Waals surface area contributed by atoms with Gasteiger partial charge in [0.05, 0.1) is 0 Å². The van der Waals surface area contributed by atoms with Crippen LogP contribution in [0.25, 0.3) is 0 Å². The van der Waals surface area contributed by atoms with E-state index >= 15 is 0 Å². The van der Waals surface area contributed by atoms with Crippen molar-refractivity contribution in [2.75, 3.05) is 0 Å². The molecule has 0 unspecified atom stereocenters. The van der Waals surface area contributed by atoms with Crippen LogP contribution in [0, 0.1) is 0 Å². The molecule has 0 saturated heterocycles. The fourth-order valence-corrected chi connectivity index (χ4v) is 1.17. The van der Waals surface area contributed by atoms with Gasteiger partial charge in [-0.1, -0.05) is 6.08 Å². The van der Waals surface area contributed by atoms with Crippen molar-refractivity contribution in [1.29, 1.82) is 0 Å². The second-order valence-corrected chi connectivity index (χ2v) is 3.16. The van der Waals surface area contributed by atoms with Gasteiger partial charge in [-0.3, -0.25) is 0 Å². The zero-order chi connectivity index (χ0) is 14.1. The summed E-state index contributed by atoms with van der Waals surface area (Å²) in [6.45, 7) is 3.18. The van der Waals surface area contributed by atoms with Gasteiger partial charge in [0, 0.05) is 5.57 Å². The summed E-state index contributed by atoms with van der Waals surface area (Å²) in [7, 11) is 0. The Balaban J connectivity index is 5.98. The van der Waals surface area contributed by atoms with Gasteiger partial charge in [0.1, 0.15) is 5.83 Å². The van der Waals surface area contributed by atoms with Crippen LogP contribution in [-0.4, -0.2) is 18.0 Å². The van der Waals surface area contributed by atoms with Crippen molar-refractivity contribution in [1.82, 2.24) is 0 Å². The van der Waals surface area contributed by atoms with E-state index in [-0.39, 0.29) is 0 Å². The zero-order valence-electron chi connectivity index (χ0n) is 8.52. The Labute approximate surface area is 91.6 Å². The Morgan fingerprint density at radius 3 is 1.53 bits per heavy atom. The van der Waals surface area contributed by atoms with Gasteiger partial charge in [0.2, 0.25) is 0 Å². The minimum absolute atomic E-state index is 0.324. The van der Waals surface area contributed by atoms with Crippen LogP contribution in [-0.2, 0) is 0 Å². The Hall–Kier alpha value is -1.08. The number of rotatable bonds is 3. The molecule has 0 nitrogen and oxygen atoms in total. The highest BCUT2D eigenvalue weighted by Gasteiger charge is 2.74. The van der Waals surface area contributed by atoms with E-state index in [1.807, 2.05) is 0 Å². The topological polar surface area (TPSA) is 0 Å². The van der Waals surface area contributed by atoms with E-state index in [9.17, 15) is 35.1 Å². The fraction of sp³-hybridized carbons (Fsp3) is 0.556. The summed E-state index contributed by atoms with van der Waals surface area (Å²) in [4.78, 5) is 0. The van der Waals surface area contributed by atoms with Gasteiger partial charge >= 0.3 is 18.0 Å². The Morgan fingerprint density at radius 1 is 1.00 bits per heavy atom. The highest BCUT2D eigenvalue weighted by atomic mass is 19.4. The lowest BCUT2D eigenvalue weighted by Gasteiger charge is -2.31. The molecule has 17 heavy (non-hydrogen) atoms. The number of allylic oxidation sites excluding steroid dienone is 3. The van der Waals surface area contributed by atoms with Crippen LogP contribution in [0.4, 0.5) is 35.1 Å². The second-order valence-electron chi connectivity index (χ2n) is 3.16. The quantitative estimate of drug-likeness (QED) is 0.516. The molecular formula is C9H8F8. The average Bonchev–Trinajstić information content (AvgIpc) is 2.08. The maximum absolute atomic E-state index is 13.3. The predicted molar refractivity (Wildman–Crippen MR) is 44.6 cm³/mol. The van der Waals surface area contributed by atoms with Gasteiger partial charge in [-0.2, -0.15) is 26.3 Å². The summed E-state index contributed by atoms with van der Waals surface area (Å²) >= 11 is 0. The summed E-state index contributed by atoms with van der Waals surface area (Å²) in [6.07, 6.45) is -13.2. The molecule has 0 saturated carbocycles. The molecule has 0 amide bonds. The molecule has 0 rings (SSSR count). The Bertz CT molecular complexity index is 301. The third kappa shape index (κ3) is 2.78. The van der Waals surface area contributed by atoms with Gasteiger partial charge in [-0.25, -0.2) is 8.78 Å². The number of halogens is 8. The first-order valence-electron chi connectivity index (χ1n) is 4.18. The van der Waals surface area contributed by atoms with E-state index in [0.29, 0.717) is 13.0 Å². The fourth-order valence-electron chi connectivity index (χ4n) is 1.17. The monoisotopic (exact) mass is 268 g/mol. The van der Waals surface area contributed by atoms with Crippen molar-refractivity contribution in [3.63, 3.8) is 0 Å². The summed E-state index contributed by atoms with van der Waals surface area (Å²) < 4.78 is 99.2. The number of alkyl halides is 7. The summed E-state index contributed by atoms with van der Waals surface area (Å²) in [6, 6.07) is 0. The van der Waals surface area contributed by atoms with Crippen LogP contribution in [0.5, 0.6) is 0 Å². The Morgan fingerprint density at radius 2 is 1.35 bits per heavy atom. The van der Waals surface area contributed by atoms with Crippen LogP contribution >= 0.6 is 0 Å². The molecule has 0 radical (unpaired) electrons. The van der Waals surface area contributed by atoms with E-state index in [1.54, 1.807) is 0 Å². The lowest BCUT2D eigenvalue weighted by atomic mass is 9.90.